The van der Waals surface area contributed by atoms with Crippen molar-refractivity contribution in [2.45, 2.75) is 6.42 Å². The number of hydrogen-bond donors (Lipinski definition) is 0. The summed E-state index contributed by atoms with van der Waals surface area (Å²) in [5.41, 5.74) is 0.596. The van der Waals surface area contributed by atoms with Crippen molar-refractivity contribution in [3.05, 3.63) is 29.6 Å². The fourth-order valence-corrected chi connectivity index (χ4v) is 2.37. The molecule has 2 rings (SSSR count). The standard InChI is InChI=1S/C15H19FN2O4/c1-21-13-4-3-11(9-12(13)16)10-14(19)17-5-7-18(8-6-17)15(20)22-2/h3-4,9H,5-8,10H2,1-2H3. The second-order valence-electron chi connectivity index (χ2n) is 4.98. The van der Waals surface area contributed by atoms with Crippen molar-refractivity contribution in [1.82, 2.24) is 9.80 Å². The van der Waals surface area contributed by atoms with Gasteiger partial charge in [0.25, 0.3) is 0 Å². The molecule has 0 bridgehead atoms. The van der Waals surface area contributed by atoms with E-state index in [9.17, 15) is 14.0 Å². The van der Waals surface area contributed by atoms with Crippen LogP contribution in [0.25, 0.3) is 0 Å². The zero-order chi connectivity index (χ0) is 16.1. The van der Waals surface area contributed by atoms with Crippen molar-refractivity contribution in [1.29, 1.82) is 0 Å². The Hall–Kier alpha value is -2.31. The SMILES string of the molecule is COC(=O)N1CCN(C(=O)Cc2ccc(OC)c(F)c2)CC1. The summed E-state index contributed by atoms with van der Waals surface area (Å²) in [6.07, 6.45) is -0.261. The molecule has 0 aromatic heterocycles. The predicted molar refractivity (Wildman–Crippen MR) is 77.2 cm³/mol. The molecular formula is C15H19FN2O4. The number of hydrogen-bond acceptors (Lipinski definition) is 4. The fourth-order valence-electron chi connectivity index (χ4n) is 2.37. The van der Waals surface area contributed by atoms with E-state index in [0.717, 1.165) is 0 Å². The molecule has 120 valence electrons. The van der Waals surface area contributed by atoms with Crippen LogP contribution in [0.3, 0.4) is 0 Å². The van der Waals surface area contributed by atoms with Crippen LogP contribution in [0.5, 0.6) is 5.75 Å². The molecule has 0 spiro atoms. The molecule has 6 nitrogen and oxygen atoms in total. The number of methoxy groups -OCH3 is 2. The van der Waals surface area contributed by atoms with Crippen molar-refractivity contribution in [2.75, 3.05) is 40.4 Å². The third kappa shape index (κ3) is 3.66. The molecule has 0 aliphatic carbocycles. The highest BCUT2D eigenvalue weighted by molar-refractivity contribution is 5.79. The van der Waals surface area contributed by atoms with Crippen molar-refractivity contribution in [3.8, 4) is 5.75 Å². The van der Waals surface area contributed by atoms with E-state index in [4.69, 9.17) is 4.74 Å². The lowest BCUT2D eigenvalue weighted by atomic mass is 10.1. The van der Waals surface area contributed by atoms with Gasteiger partial charge < -0.3 is 19.3 Å². The third-order valence-electron chi connectivity index (χ3n) is 3.64. The minimum Gasteiger partial charge on any atom is -0.494 e. The lowest BCUT2D eigenvalue weighted by Crippen LogP contribution is -2.50. The van der Waals surface area contributed by atoms with Crippen molar-refractivity contribution < 1.29 is 23.5 Å². The number of carbonyl (C=O) groups excluding carboxylic acids is 2. The van der Waals surface area contributed by atoms with Gasteiger partial charge in [0.1, 0.15) is 0 Å². The van der Waals surface area contributed by atoms with E-state index < -0.39 is 5.82 Å². The van der Waals surface area contributed by atoms with E-state index in [1.165, 1.54) is 26.4 Å². The Balaban J connectivity index is 1.91. The van der Waals surface area contributed by atoms with Gasteiger partial charge in [-0.05, 0) is 17.7 Å². The van der Waals surface area contributed by atoms with Gasteiger partial charge in [-0.3, -0.25) is 4.79 Å². The highest BCUT2D eigenvalue weighted by Gasteiger charge is 2.24. The summed E-state index contributed by atoms with van der Waals surface area (Å²) in [5, 5.41) is 0. The topological polar surface area (TPSA) is 59.1 Å². The zero-order valence-electron chi connectivity index (χ0n) is 12.7. The Morgan fingerprint density at radius 2 is 1.77 bits per heavy atom. The van der Waals surface area contributed by atoms with E-state index in [0.29, 0.717) is 31.7 Å². The molecule has 1 aromatic carbocycles. The minimum atomic E-state index is -0.483. The number of carbonyl (C=O) groups is 2. The van der Waals surface area contributed by atoms with Crippen LogP contribution in [-0.2, 0) is 16.0 Å². The molecule has 1 fully saturated rings. The lowest BCUT2D eigenvalue weighted by Gasteiger charge is -2.33. The summed E-state index contributed by atoms with van der Waals surface area (Å²) in [5.74, 6) is -0.416. The van der Waals surface area contributed by atoms with E-state index in [1.54, 1.807) is 15.9 Å². The first-order valence-corrected chi connectivity index (χ1v) is 6.98. The minimum absolute atomic E-state index is 0.0888. The summed E-state index contributed by atoms with van der Waals surface area (Å²) >= 11 is 0. The van der Waals surface area contributed by atoms with Gasteiger partial charge >= 0.3 is 6.09 Å². The maximum atomic E-state index is 13.6. The fraction of sp³-hybridized carbons (Fsp3) is 0.467. The van der Waals surface area contributed by atoms with Gasteiger partial charge in [0.2, 0.25) is 5.91 Å². The molecule has 1 heterocycles. The molecule has 1 aromatic rings. The number of rotatable bonds is 3. The number of piperazine rings is 1. The average Bonchev–Trinajstić information content (AvgIpc) is 2.54. The van der Waals surface area contributed by atoms with Crippen molar-refractivity contribution in [3.63, 3.8) is 0 Å². The highest BCUT2D eigenvalue weighted by Crippen LogP contribution is 2.18. The van der Waals surface area contributed by atoms with E-state index >= 15 is 0 Å². The monoisotopic (exact) mass is 310 g/mol. The summed E-state index contributed by atoms with van der Waals surface area (Å²) in [6.45, 7) is 1.78. The van der Waals surface area contributed by atoms with Crippen molar-refractivity contribution >= 4 is 12.0 Å². The van der Waals surface area contributed by atoms with Gasteiger partial charge in [0.05, 0.1) is 20.6 Å². The Labute approximate surface area is 128 Å². The molecular weight excluding hydrogens is 291 g/mol. The van der Waals surface area contributed by atoms with Gasteiger partial charge in [-0.25, -0.2) is 9.18 Å². The predicted octanol–water partition coefficient (Wildman–Crippen LogP) is 1.29. The van der Waals surface area contributed by atoms with Gasteiger partial charge in [-0.2, -0.15) is 0 Å². The van der Waals surface area contributed by atoms with E-state index in [2.05, 4.69) is 4.74 Å². The van der Waals surface area contributed by atoms with Crippen LogP contribution in [0.15, 0.2) is 18.2 Å². The molecule has 0 atom stereocenters. The quantitative estimate of drug-likeness (QED) is 0.844. The first-order chi connectivity index (χ1) is 10.5. The number of benzene rings is 1. The lowest BCUT2D eigenvalue weighted by molar-refractivity contribution is -0.132. The molecule has 7 heteroatoms. The highest BCUT2D eigenvalue weighted by atomic mass is 19.1. The maximum Gasteiger partial charge on any atom is 0.409 e. The first kappa shape index (κ1) is 16.1. The number of amides is 2. The molecule has 0 radical (unpaired) electrons. The van der Waals surface area contributed by atoms with Crippen LogP contribution in [0.2, 0.25) is 0 Å². The van der Waals surface area contributed by atoms with Crippen LogP contribution in [0, 0.1) is 5.82 Å². The van der Waals surface area contributed by atoms with Crippen LogP contribution in [-0.4, -0.2) is 62.2 Å². The number of halogens is 1. The van der Waals surface area contributed by atoms with Gasteiger partial charge in [0.15, 0.2) is 11.6 Å². The summed E-state index contributed by atoms with van der Waals surface area (Å²) < 4.78 is 23.1. The molecule has 1 saturated heterocycles. The zero-order valence-corrected chi connectivity index (χ0v) is 12.7. The average molecular weight is 310 g/mol. The van der Waals surface area contributed by atoms with E-state index in [1.807, 2.05) is 0 Å². The Morgan fingerprint density at radius 1 is 1.14 bits per heavy atom. The molecule has 1 aliphatic heterocycles. The second-order valence-corrected chi connectivity index (χ2v) is 4.98. The van der Waals surface area contributed by atoms with E-state index in [-0.39, 0.29) is 24.2 Å². The Kier molecular flexibility index (Phi) is 5.19. The number of nitrogens with zero attached hydrogens (tertiary/aromatic N) is 2. The largest absolute Gasteiger partial charge is 0.494 e. The van der Waals surface area contributed by atoms with Crippen LogP contribution in [0.4, 0.5) is 9.18 Å². The Morgan fingerprint density at radius 3 is 2.32 bits per heavy atom. The van der Waals surface area contributed by atoms with Gasteiger partial charge in [0, 0.05) is 26.2 Å². The van der Waals surface area contributed by atoms with Crippen LogP contribution >= 0.6 is 0 Å². The maximum absolute atomic E-state index is 13.6. The summed E-state index contributed by atoms with van der Waals surface area (Å²) in [6, 6.07) is 4.49. The first-order valence-electron chi connectivity index (χ1n) is 6.98. The van der Waals surface area contributed by atoms with Crippen molar-refractivity contribution in [2.24, 2.45) is 0 Å². The summed E-state index contributed by atoms with van der Waals surface area (Å²) in [7, 11) is 2.72. The van der Waals surface area contributed by atoms with Gasteiger partial charge in [-0.1, -0.05) is 6.07 Å². The molecule has 0 N–H and O–H groups in total. The molecule has 2 amide bonds. The van der Waals surface area contributed by atoms with Gasteiger partial charge in [-0.15, -0.1) is 0 Å². The molecule has 22 heavy (non-hydrogen) atoms. The second kappa shape index (κ2) is 7.11. The van der Waals surface area contributed by atoms with Crippen LogP contribution < -0.4 is 4.74 Å². The number of ether oxygens (including phenoxy) is 2. The normalized spacial score (nSPS) is 14.7. The summed E-state index contributed by atoms with van der Waals surface area (Å²) in [4.78, 5) is 26.8. The molecule has 1 aliphatic rings. The third-order valence-corrected chi connectivity index (χ3v) is 3.64. The van der Waals surface area contributed by atoms with Crippen LogP contribution in [0.1, 0.15) is 5.56 Å². The smallest absolute Gasteiger partial charge is 0.409 e. The Bertz CT molecular complexity index is 556. The molecule has 0 unspecified atom stereocenters. The molecule has 0 saturated carbocycles.